The van der Waals surface area contributed by atoms with Crippen molar-refractivity contribution in [3.05, 3.63) is 56.9 Å². The van der Waals surface area contributed by atoms with Crippen LogP contribution in [0.5, 0.6) is 0 Å². The largest absolute Gasteiger partial charge is 0.440 e. The van der Waals surface area contributed by atoms with Gasteiger partial charge in [-0.2, -0.15) is 8.78 Å². The zero-order chi connectivity index (χ0) is 25.3. The van der Waals surface area contributed by atoms with Crippen molar-refractivity contribution in [2.45, 2.75) is 31.7 Å². The average Bonchev–Trinajstić information content (AvgIpc) is 2.75. The summed E-state index contributed by atoms with van der Waals surface area (Å²) in [6.07, 6.45) is 2.17. The fraction of sp³-hybridized carbons (Fsp3) is 0.429. The van der Waals surface area contributed by atoms with Crippen molar-refractivity contribution in [3.63, 3.8) is 0 Å². The second-order valence-electron chi connectivity index (χ2n) is 8.29. The fourth-order valence-electron chi connectivity index (χ4n) is 3.85. The number of nitrogen functional groups attached to an aromatic ring is 1. The third kappa shape index (κ3) is 5.53. The summed E-state index contributed by atoms with van der Waals surface area (Å²) in [6, 6.07) is 2.52. The number of aliphatic hydroxyl groups excluding tert-OH is 1. The van der Waals surface area contributed by atoms with E-state index in [9.17, 15) is 26.4 Å². The normalized spacial score (nSPS) is 18.0. The third-order valence-electron chi connectivity index (χ3n) is 5.83. The predicted octanol–water partition coefficient (Wildman–Crippen LogP) is 1.29. The molecule has 9 nitrogen and oxygen atoms in total. The highest BCUT2D eigenvalue weighted by atomic mass is 32.2. The Morgan fingerprint density at radius 1 is 1.38 bits per heavy atom. The van der Waals surface area contributed by atoms with E-state index in [2.05, 4.69) is 15.3 Å². The molecule has 186 valence electrons. The number of allylic oxidation sites excluding steroid dienone is 1. The Bertz CT molecular complexity index is 1250. The Labute approximate surface area is 194 Å². The van der Waals surface area contributed by atoms with E-state index in [1.807, 2.05) is 0 Å². The number of sulfone groups is 1. The number of halogens is 3. The first kappa shape index (κ1) is 25.6. The fourth-order valence-corrected chi connectivity index (χ4v) is 5.35. The minimum atomic E-state index is -3.77. The van der Waals surface area contributed by atoms with Crippen LogP contribution in [0.4, 0.5) is 24.8 Å². The van der Waals surface area contributed by atoms with Gasteiger partial charge in [0.1, 0.15) is 27.8 Å². The Morgan fingerprint density at radius 3 is 2.65 bits per heavy atom. The quantitative estimate of drug-likeness (QED) is 0.380. The minimum absolute atomic E-state index is 0.00959. The molecule has 0 unspecified atom stereocenters. The van der Waals surface area contributed by atoms with Gasteiger partial charge in [-0.3, -0.25) is 5.32 Å². The zero-order valence-electron chi connectivity index (χ0n) is 18.4. The van der Waals surface area contributed by atoms with E-state index in [1.165, 1.54) is 25.1 Å². The maximum absolute atomic E-state index is 14.9. The van der Waals surface area contributed by atoms with Gasteiger partial charge in [0.15, 0.2) is 5.82 Å². The molecule has 3 rings (SSSR count). The number of anilines is 2. The molecular weight excluding hydrogens is 475 g/mol. The number of hydrogen-bond donors (Lipinski definition) is 5. The molecule has 0 saturated carbocycles. The SMILES string of the molecule is C[C@@H](Nc1[nH+]c(=O)[nH]c(N)c1/C=C(\N)C1CCS(=O)(=O)CC1)c1cccc(C(F)(F)CO)c1F. The first-order chi connectivity index (χ1) is 15.8. The summed E-state index contributed by atoms with van der Waals surface area (Å²) in [6.45, 7) is -0.0579. The molecule has 2 aromatic rings. The lowest BCUT2D eigenvalue weighted by Crippen LogP contribution is -2.35. The lowest BCUT2D eigenvalue weighted by atomic mass is 9.97. The molecule has 1 aliphatic heterocycles. The molecule has 1 fully saturated rings. The summed E-state index contributed by atoms with van der Waals surface area (Å²) in [5, 5.41) is 11.8. The van der Waals surface area contributed by atoms with Crippen LogP contribution in [0.25, 0.3) is 6.08 Å². The maximum Gasteiger partial charge on any atom is 0.440 e. The second-order valence-corrected chi connectivity index (χ2v) is 10.6. The number of hydrogen-bond acceptors (Lipinski definition) is 7. The monoisotopic (exact) mass is 502 g/mol. The number of aliphatic hydroxyl groups is 1. The highest BCUT2D eigenvalue weighted by Crippen LogP contribution is 2.34. The standard InChI is InChI=1S/C21H26F3N5O4S/c1-11(13-3-2-4-15(17(13)22)21(23,24)10-30)27-19-14(18(26)28-20(31)29-19)9-16(25)12-5-7-34(32,33)8-6-12/h2-4,9,11-12,30H,5-8,10,25H2,1H3,(H4,26,27,28,29,31)/p+1/b16-9-/t11-/m1/s1. The number of rotatable bonds is 7. The smallest absolute Gasteiger partial charge is 0.402 e. The lowest BCUT2D eigenvalue weighted by molar-refractivity contribution is -0.386. The van der Waals surface area contributed by atoms with Crippen LogP contribution in [-0.2, 0) is 15.8 Å². The molecular formula is C21H27F3N5O4S+. The van der Waals surface area contributed by atoms with E-state index < -0.39 is 45.5 Å². The molecule has 1 aromatic heterocycles. The molecule has 1 saturated heterocycles. The van der Waals surface area contributed by atoms with Gasteiger partial charge >= 0.3 is 5.69 Å². The molecule has 1 aliphatic rings. The van der Waals surface area contributed by atoms with Crippen molar-refractivity contribution >= 4 is 27.5 Å². The van der Waals surface area contributed by atoms with Crippen molar-refractivity contribution < 1.29 is 31.7 Å². The molecule has 0 amide bonds. The van der Waals surface area contributed by atoms with Crippen LogP contribution in [-0.4, -0.2) is 36.6 Å². The van der Waals surface area contributed by atoms with Gasteiger partial charge in [0.05, 0.1) is 23.1 Å². The highest BCUT2D eigenvalue weighted by Gasteiger charge is 2.35. The summed E-state index contributed by atoms with van der Waals surface area (Å²) in [4.78, 5) is 16.9. The number of nitrogens with two attached hydrogens (primary N) is 2. The van der Waals surface area contributed by atoms with Gasteiger partial charge in [-0.25, -0.2) is 27.6 Å². The molecule has 1 aromatic carbocycles. The second kappa shape index (κ2) is 9.66. The first-order valence-corrected chi connectivity index (χ1v) is 12.3. The van der Waals surface area contributed by atoms with Gasteiger partial charge in [0.2, 0.25) is 5.82 Å². The molecule has 0 spiro atoms. The Morgan fingerprint density at radius 2 is 2.03 bits per heavy atom. The van der Waals surface area contributed by atoms with Crippen molar-refractivity contribution in [2.24, 2.45) is 11.7 Å². The van der Waals surface area contributed by atoms with E-state index in [4.69, 9.17) is 16.6 Å². The third-order valence-corrected chi connectivity index (χ3v) is 7.55. The van der Waals surface area contributed by atoms with Gasteiger partial charge in [-0.05, 0) is 31.9 Å². The number of alkyl halides is 2. The van der Waals surface area contributed by atoms with Crippen LogP contribution in [0.15, 0.2) is 28.7 Å². The molecule has 13 heteroatoms. The van der Waals surface area contributed by atoms with Gasteiger partial charge in [0.25, 0.3) is 5.92 Å². The summed E-state index contributed by atoms with van der Waals surface area (Å²) in [7, 11) is -3.09. The predicted molar refractivity (Wildman–Crippen MR) is 121 cm³/mol. The summed E-state index contributed by atoms with van der Waals surface area (Å²) >= 11 is 0. The van der Waals surface area contributed by atoms with Gasteiger partial charge < -0.3 is 16.6 Å². The number of nitrogens with one attached hydrogen (secondary N) is 3. The molecule has 1 atom stereocenters. The van der Waals surface area contributed by atoms with E-state index in [0.717, 1.165) is 6.07 Å². The Hall–Kier alpha value is -3.06. The van der Waals surface area contributed by atoms with Crippen LogP contribution in [0, 0.1) is 11.7 Å². The van der Waals surface area contributed by atoms with Gasteiger partial charge in [0, 0.05) is 17.2 Å². The van der Waals surface area contributed by atoms with Gasteiger partial charge in [-0.15, -0.1) is 0 Å². The number of benzene rings is 1. The molecule has 0 aliphatic carbocycles. The molecule has 2 heterocycles. The number of aromatic amines is 2. The summed E-state index contributed by atoms with van der Waals surface area (Å²) in [5.41, 5.74) is 11.0. The Balaban J connectivity index is 1.95. The average molecular weight is 503 g/mol. The molecule has 8 N–H and O–H groups in total. The van der Waals surface area contributed by atoms with Crippen LogP contribution in [0.3, 0.4) is 0 Å². The van der Waals surface area contributed by atoms with E-state index in [-0.39, 0.29) is 40.2 Å². The minimum Gasteiger partial charge on any atom is -0.402 e. The van der Waals surface area contributed by atoms with E-state index >= 15 is 0 Å². The van der Waals surface area contributed by atoms with Crippen LogP contribution in [0.1, 0.15) is 42.5 Å². The van der Waals surface area contributed by atoms with E-state index in [0.29, 0.717) is 18.5 Å². The number of H-pyrrole nitrogens is 2. The summed E-state index contributed by atoms with van der Waals surface area (Å²) < 4.78 is 66.1. The zero-order valence-corrected chi connectivity index (χ0v) is 19.2. The lowest BCUT2D eigenvalue weighted by Gasteiger charge is -2.22. The Kier molecular flexibility index (Phi) is 7.26. The topological polar surface area (TPSA) is 165 Å². The van der Waals surface area contributed by atoms with Crippen LogP contribution in [0.2, 0.25) is 0 Å². The maximum atomic E-state index is 14.9. The highest BCUT2D eigenvalue weighted by molar-refractivity contribution is 7.91. The molecule has 0 radical (unpaired) electrons. The summed E-state index contributed by atoms with van der Waals surface area (Å²) in [5.74, 6) is -5.14. The van der Waals surface area contributed by atoms with Gasteiger partial charge in [-0.1, -0.05) is 12.1 Å². The van der Waals surface area contributed by atoms with Crippen molar-refractivity contribution in [1.29, 1.82) is 0 Å². The van der Waals surface area contributed by atoms with Crippen LogP contribution < -0.4 is 27.5 Å². The van der Waals surface area contributed by atoms with E-state index in [1.54, 1.807) is 0 Å². The van der Waals surface area contributed by atoms with Crippen molar-refractivity contribution in [3.8, 4) is 0 Å². The molecule has 34 heavy (non-hydrogen) atoms. The van der Waals surface area contributed by atoms with Crippen molar-refractivity contribution in [2.75, 3.05) is 29.2 Å². The van der Waals surface area contributed by atoms with Crippen LogP contribution >= 0.6 is 0 Å². The number of aromatic nitrogens is 2. The van der Waals surface area contributed by atoms with Crippen molar-refractivity contribution in [1.82, 2.24) is 4.98 Å². The first-order valence-electron chi connectivity index (χ1n) is 10.5. The molecule has 0 bridgehead atoms.